The van der Waals surface area contributed by atoms with E-state index in [4.69, 9.17) is 4.74 Å². The first-order valence-corrected chi connectivity index (χ1v) is 25.9. The molecule has 3 aromatic carbocycles. The van der Waals surface area contributed by atoms with Crippen LogP contribution in [0.1, 0.15) is 140 Å². The molecule has 5 atom stereocenters. The molecule has 1 unspecified atom stereocenters. The number of carbonyl (C=O) groups is 3. The van der Waals surface area contributed by atoms with Gasteiger partial charge >= 0.3 is 0 Å². The number of carbonyl (C=O) groups excluding carboxylic acids is 3. The minimum atomic E-state index is -1.58. The highest BCUT2D eigenvalue weighted by molar-refractivity contribution is 7.13. The first-order chi connectivity index (χ1) is 33.3. The number of benzene rings is 3. The van der Waals surface area contributed by atoms with E-state index >= 15 is 13.2 Å². The third-order valence-electron chi connectivity index (χ3n) is 13.7. The van der Waals surface area contributed by atoms with Crippen molar-refractivity contribution < 1.29 is 37.4 Å². The standard InChI is InChI=1S/C55H71F3N6O5S/c1-34-26-41-40-18-15-16-19-44(40)61-48(41)49(64(34)32-55(6,7)58)47-42(56)28-39(29-43(47)57)69-25-17-13-11-9-8-10-12-14-20-46(66)62-51(54(3,4)5)53(68)63-31-38(65)27-45(63)52(67)59-30-36-21-23-37(24-22-36)50-35(2)60-33-70-50/h15-16,18-19,21-24,28-29,33-34,38,45,49,51,61,65H,8-14,17,20,25-27,30-32H2,1-7H3,(H,59,67)(H,62,66)/t34-,38-,45+,49-,51?/m1/s1. The van der Waals surface area contributed by atoms with E-state index in [-0.39, 0.29) is 67.6 Å². The number of aromatic nitrogens is 2. The first-order valence-electron chi connectivity index (χ1n) is 25.0. The highest BCUT2D eigenvalue weighted by Gasteiger charge is 2.45. The van der Waals surface area contributed by atoms with Crippen molar-refractivity contribution in [1.82, 2.24) is 30.4 Å². The van der Waals surface area contributed by atoms with Gasteiger partial charge in [-0.1, -0.05) is 102 Å². The Labute approximate surface area is 415 Å². The molecule has 0 aliphatic carbocycles. The molecule has 3 amide bonds. The Morgan fingerprint density at radius 3 is 2.24 bits per heavy atom. The Morgan fingerprint density at radius 2 is 1.60 bits per heavy atom. The smallest absolute Gasteiger partial charge is 0.246 e. The van der Waals surface area contributed by atoms with Crippen LogP contribution in [-0.2, 0) is 27.3 Å². The zero-order valence-electron chi connectivity index (χ0n) is 41.8. The molecule has 1 saturated heterocycles. The first kappa shape index (κ1) is 52.6. The predicted octanol–water partition coefficient (Wildman–Crippen LogP) is 10.7. The van der Waals surface area contributed by atoms with Crippen molar-refractivity contribution in [2.75, 3.05) is 19.7 Å². The van der Waals surface area contributed by atoms with E-state index in [0.717, 1.165) is 83.1 Å². The van der Waals surface area contributed by atoms with Crippen LogP contribution in [0.3, 0.4) is 0 Å². The van der Waals surface area contributed by atoms with Crippen molar-refractivity contribution in [3.63, 3.8) is 0 Å². The number of nitrogens with one attached hydrogen (secondary N) is 3. The summed E-state index contributed by atoms with van der Waals surface area (Å²) in [6.45, 7) is 13.2. The van der Waals surface area contributed by atoms with Gasteiger partial charge in [0, 0.05) is 72.8 Å². The number of alkyl halides is 1. The molecule has 1 fully saturated rings. The molecule has 2 aliphatic rings. The topological polar surface area (TPSA) is 140 Å². The number of amides is 3. The fraction of sp³-hybridized carbons (Fsp3) is 0.527. The summed E-state index contributed by atoms with van der Waals surface area (Å²) in [5.41, 5.74) is 4.96. The summed E-state index contributed by atoms with van der Waals surface area (Å²) in [6.07, 6.45) is 7.23. The largest absolute Gasteiger partial charge is 0.493 e. The number of rotatable bonds is 21. The third-order valence-corrected chi connectivity index (χ3v) is 14.7. The lowest BCUT2D eigenvalue weighted by Crippen LogP contribution is -2.57. The Bertz CT molecular complexity index is 2560. The molecule has 4 heterocycles. The van der Waals surface area contributed by atoms with Gasteiger partial charge in [0.15, 0.2) is 0 Å². The van der Waals surface area contributed by atoms with Crippen molar-refractivity contribution >= 4 is 40.0 Å². The molecule has 0 bridgehead atoms. The van der Waals surface area contributed by atoms with Crippen molar-refractivity contribution in [2.45, 2.75) is 162 Å². The van der Waals surface area contributed by atoms with Crippen LogP contribution in [0.25, 0.3) is 21.3 Å². The normalized spacial score (nSPS) is 19.0. The molecule has 0 saturated carbocycles. The van der Waals surface area contributed by atoms with Crippen LogP contribution in [0, 0.1) is 24.0 Å². The van der Waals surface area contributed by atoms with E-state index in [9.17, 15) is 19.5 Å². The second kappa shape index (κ2) is 22.9. The minimum absolute atomic E-state index is 0.00849. The van der Waals surface area contributed by atoms with Crippen LogP contribution in [0.2, 0.25) is 0 Å². The summed E-state index contributed by atoms with van der Waals surface area (Å²) in [4.78, 5) is 52.8. The van der Waals surface area contributed by atoms with E-state index in [1.165, 1.54) is 30.9 Å². The SMILES string of the molecule is Cc1ncsc1-c1ccc(CNC(=O)[C@@H]2C[C@@H](O)CN2C(=O)C(NC(=O)CCCCCCCCCCOc2cc(F)c([C@@H]3c4[nH]c5ccccc5c4C[C@@H](C)N3CC(C)(C)F)c(F)c2)C(C)(C)C)cc1. The number of likely N-dealkylation sites (tertiary alicyclic amines) is 1. The number of thiazole rings is 1. The molecular formula is C55H71F3N6O5S. The van der Waals surface area contributed by atoms with E-state index < -0.39 is 46.9 Å². The molecular weight excluding hydrogens is 914 g/mol. The molecule has 2 aromatic heterocycles. The summed E-state index contributed by atoms with van der Waals surface area (Å²) in [7, 11) is 0. The van der Waals surface area contributed by atoms with E-state index in [1.807, 2.05) is 93.6 Å². The molecule has 0 spiro atoms. The van der Waals surface area contributed by atoms with Crippen molar-refractivity contribution in [3.8, 4) is 16.2 Å². The van der Waals surface area contributed by atoms with Gasteiger partial charge < -0.3 is 30.4 Å². The summed E-state index contributed by atoms with van der Waals surface area (Å²) in [5.74, 6) is -2.29. The zero-order chi connectivity index (χ0) is 50.3. The van der Waals surface area contributed by atoms with Gasteiger partial charge in [-0.25, -0.2) is 18.2 Å². The second-order valence-corrected chi connectivity index (χ2v) is 21.9. The molecule has 15 heteroatoms. The number of aromatic amines is 1. The van der Waals surface area contributed by atoms with Gasteiger partial charge in [0.2, 0.25) is 17.7 Å². The molecule has 11 nitrogen and oxygen atoms in total. The summed E-state index contributed by atoms with van der Waals surface area (Å²) in [5, 5.41) is 17.5. The summed E-state index contributed by atoms with van der Waals surface area (Å²) in [6, 6.07) is 15.5. The number of ether oxygens (including phenoxy) is 1. The quantitative estimate of drug-likeness (QED) is 0.0537. The Balaban J connectivity index is 0.808. The number of aliphatic hydroxyl groups is 1. The number of nitrogens with zero attached hydrogens (tertiary/aromatic N) is 3. The van der Waals surface area contributed by atoms with Crippen LogP contribution in [0.15, 0.2) is 66.2 Å². The average molecular weight is 985 g/mol. The number of para-hydroxylation sites is 1. The number of β-amino-alcohol motifs (C(OH)–C–C–N with tert-alkyl or cyclic N) is 1. The van der Waals surface area contributed by atoms with Gasteiger partial charge in [-0.3, -0.25) is 19.3 Å². The van der Waals surface area contributed by atoms with E-state index in [2.05, 4.69) is 20.6 Å². The summed E-state index contributed by atoms with van der Waals surface area (Å²) >= 11 is 1.58. The fourth-order valence-electron chi connectivity index (χ4n) is 10.1. The lowest BCUT2D eigenvalue weighted by atomic mass is 9.85. The molecule has 5 aromatic rings. The molecule has 2 aliphatic heterocycles. The number of aryl methyl sites for hydroxylation is 1. The predicted molar refractivity (Wildman–Crippen MR) is 270 cm³/mol. The van der Waals surface area contributed by atoms with Crippen LogP contribution in [0.5, 0.6) is 5.75 Å². The lowest BCUT2D eigenvalue weighted by molar-refractivity contribution is -0.144. The van der Waals surface area contributed by atoms with Gasteiger partial charge in [0.25, 0.3) is 0 Å². The summed E-state index contributed by atoms with van der Waals surface area (Å²) < 4.78 is 53.1. The van der Waals surface area contributed by atoms with Crippen molar-refractivity contribution in [3.05, 3.63) is 106 Å². The number of hydrogen-bond donors (Lipinski definition) is 4. The highest BCUT2D eigenvalue weighted by Crippen LogP contribution is 2.44. The number of unbranched alkanes of at least 4 members (excludes halogenated alkanes) is 7. The Hall–Kier alpha value is -5.25. The van der Waals surface area contributed by atoms with Gasteiger partial charge in [0.05, 0.1) is 34.8 Å². The van der Waals surface area contributed by atoms with Crippen LogP contribution >= 0.6 is 11.3 Å². The Kier molecular flexibility index (Phi) is 17.2. The van der Waals surface area contributed by atoms with E-state index in [1.54, 1.807) is 11.3 Å². The lowest BCUT2D eigenvalue weighted by Gasteiger charge is -2.43. The van der Waals surface area contributed by atoms with Crippen LogP contribution in [-0.4, -0.2) is 92.2 Å². The fourth-order valence-corrected chi connectivity index (χ4v) is 10.9. The maximum atomic E-state index is 16.1. The monoisotopic (exact) mass is 985 g/mol. The van der Waals surface area contributed by atoms with E-state index in [0.29, 0.717) is 25.1 Å². The Morgan fingerprint density at radius 1 is 0.943 bits per heavy atom. The zero-order valence-corrected chi connectivity index (χ0v) is 42.6. The molecule has 0 radical (unpaired) electrons. The van der Waals surface area contributed by atoms with Gasteiger partial charge in [-0.15, -0.1) is 11.3 Å². The maximum absolute atomic E-state index is 16.1. The second-order valence-electron chi connectivity index (χ2n) is 21.1. The van der Waals surface area contributed by atoms with Gasteiger partial charge in [-0.2, -0.15) is 0 Å². The van der Waals surface area contributed by atoms with Crippen molar-refractivity contribution in [1.29, 1.82) is 0 Å². The van der Waals surface area contributed by atoms with Gasteiger partial charge in [-0.05, 0) is 75.1 Å². The minimum Gasteiger partial charge on any atom is -0.493 e. The van der Waals surface area contributed by atoms with Crippen LogP contribution < -0.4 is 15.4 Å². The molecule has 70 heavy (non-hydrogen) atoms. The molecule has 7 rings (SSSR count). The number of halogens is 3. The molecule has 378 valence electrons. The highest BCUT2D eigenvalue weighted by atomic mass is 32.1. The number of fused-ring (bicyclic) bond motifs is 3. The third kappa shape index (κ3) is 13.0. The number of H-pyrrole nitrogens is 1. The number of hydrogen-bond acceptors (Lipinski definition) is 8. The van der Waals surface area contributed by atoms with Crippen molar-refractivity contribution in [2.24, 2.45) is 5.41 Å². The maximum Gasteiger partial charge on any atom is 0.246 e. The van der Waals surface area contributed by atoms with Gasteiger partial charge in [0.1, 0.15) is 35.1 Å². The van der Waals surface area contributed by atoms with Crippen LogP contribution in [0.4, 0.5) is 13.2 Å². The molecule has 4 N–H and O–H groups in total. The average Bonchev–Trinajstić information content (AvgIpc) is 4.02. The number of aliphatic hydroxyl groups excluding tert-OH is 1.